The summed E-state index contributed by atoms with van der Waals surface area (Å²) >= 11 is 0. The first-order valence-corrected chi connectivity index (χ1v) is 3.58. The summed E-state index contributed by atoms with van der Waals surface area (Å²) in [6.45, 7) is 0. The van der Waals surface area contributed by atoms with E-state index in [1.165, 1.54) is 0 Å². The largest absolute Gasteiger partial charge is 0.364 e. The van der Waals surface area contributed by atoms with Gasteiger partial charge in [0.2, 0.25) is 0 Å². The zero-order chi connectivity index (χ0) is 7.94. The highest BCUT2D eigenvalue weighted by molar-refractivity contribution is 5.77. The third-order valence-electron chi connectivity index (χ3n) is 1.23. The summed E-state index contributed by atoms with van der Waals surface area (Å²) in [5, 5.41) is 10.2. The van der Waals surface area contributed by atoms with E-state index in [0.29, 0.717) is 0 Å². The molecule has 0 spiro atoms. The van der Waals surface area contributed by atoms with Gasteiger partial charge in [0, 0.05) is 12.6 Å². The Morgan fingerprint density at radius 3 is 3.36 bits per heavy atom. The molecule has 0 saturated heterocycles. The number of hydrogen-bond acceptors (Lipinski definition) is 4. The maximum Gasteiger partial charge on any atom is 0.269 e. The van der Waals surface area contributed by atoms with Gasteiger partial charge in [0.15, 0.2) is 6.21 Å². The van der Waals surface area contributed by atoms with Crippen LogP contribution in [-0.4, -0.2) is 18.4 Å². The molecule has 11 heavy (non-hydrogen) atoms. The molecule has 0 aromatic heterocycles. The Labute approximate surface area is 65.1 Å². The van der Waals surface area contributed by atoms with Crippen LogP contribution in [0.1, 0.15) is 19.3 Å². The van der Waals surface area contributed by atoms with Crippen LogP contribution in [0.15, 0.2) is 10.2 Å². The Bertz CT molecular complexity index is 193. The predicted molar refractivity (Wildman–Crippen MR) is 44.1 cm³/mol. The lowest BCUT2D eigenvalue weighted by Crippen LogP contribution is -2.82. The zero-order valence-electron chi connectivity index (χ0n) is 6.25. The van der Waals surface area contributed by atoms with Gasteiger partial charge in [-0.3, -0.25) is 0 Å². The van der Waals surface area contributed by atoms with Crippen LogP contribution in [0.25, 0.3) is 0 Å². The Hall–Kier alpha value is -1.39. The van der Waals surface area contributed by atoms with Gasteiger partial charge < -0.3 is 5.73 Å². The first kappa shape index (κ1) is 7.71. The van der Waals surface area contributed by atoms with Crippen molar-refractivity contribution < 1.29 is 5.10 Å². The van der Waals surface area contributed by atoms with Gasteiger partial charge in [0.1, 0.15) is 0 Å². The van der Waals surface area contributed by atoms with Crippen LogP contribution >= 0.6 is 0 Å². The number of hydrogen-bond donors (Lipinski definition) is 3. The molecule has 0 unspecified atom stereocenters. The molecule has 1 rings (SSSR count). The molecule has 0 fully saturated rings. The minimum absolute atomic E-state index is 0.277. The first-order valence-electron chi connectivity index (χ1n) is 3.58. The van der Waals surface area contributed by atoms with E-state index >= 15 is 0 Å². The molecule has 1 aliphatic heterocycles. The Morgan fingerprint density at radius 2 is 2.45 bits per heavy atom. The maximum absolute atomic E-state index is 5.37. The van der Waals surface area contributed by atoms with Gasteiger partial charge in [-0.15, -0.1) is 15.6 Å². The monoisotopic (exact) mass is 154 g/mol. The number of nitrogens with one attached hydrogen (secondary N) is 2. The van der Waals surface area contributed by atoms with Gasteiger partial charge >= 0.3 is 0 Å². The number of hydrazine groups is 1. The summed E-state index contributed by atoms with van der Waals surface area (Å²) in [7, 11) is 0. The number of rotatable bonds is 0. The predicted octanol–water partition coefficient (Wildman–Crippen LogP) is -1.87. The molecule has 0 aromatic rings. The molecule has 0 aromatic carbocycles. The highest BCUT2D eigenvalue weighted by atomic mass is 15.4. The Kier molecular flexibility index (Phi) is 3.11. The van der Waals surface area contributed by atoms with Crippen molar-refractivity contribution in [2.45, 2.75) is 19.3 Å². The topological polar surface area (TPSA) is 76.7 Å². The maximum atomic E-state index is 5.37. The second kappa shape index (κ2) is 4.43. The van der Waals surface area contributed by atoms with Crippen LogP contribution < -0.4 is 16.3 Å². The van der Waals surface area contributed by atoms with Crippen molar-refractivity contribution in [2.24, 2.45) is 15.9 Å². The normalized spacial score (nSPS) is 29.3. The van der Waals surface area contributed by atoms with E-state index in [0.717, 1.165) is 19.3 Å². The Balaban J connectivity index is 2.52. The lowest BCUT2D eigenvalue weighted by Gasteiger charge is -1.92. The summed E-state index contributed by atoms with van der Waals surface area (Å²) in [6.07, 6.45) is 6.67. The van der Waals surface area contributed by atoms with Crippen molar-refractivity contribution in [3.63, 3.8) is 0 Å². The summed E-state index contributed by atoms with van der Waals surface area (Å²) in [4.78, 5) is 0. The van der Waals surface area contributed by atoms with Crippen LogP contribution in [0.5, 0.6) is 0 Å². The minimum Gasteiger partial charge on any atom is -0.364 e. The fourth-order valence-corrected chi connectivity index (χ4v) is 0.694. The van der Waals surface area contributed by atoms with Gasteiger partial charge in [-0.05, 0) is 12.8 Å². The van der Waals surface area contributed by atoms with Crippen LogP contribution in [0.2, 0.25) is 0 Å². The van der Waals surface area contributed by atoms with Crippen molar-refractivity contribution >= 4 is 18.4 Å². The van der Waals surface area contributed by atoms with E-state index in [1.807, 2.05) is 6.21 Å². The molecular weight excluding hydrogens is 142 g/mol. The minimum atomic E-state index is 0.277. The van der Waals surface area contributed by atoms with Gasteiger partial charge in [0.25, 0.3) is 5.96 Å². The molecule has 1 heterocycles. The van der Waals surface area contributed by atoms with Crippen molar-refractivity contribution in [3.05, 3.63) is 0 Å². The molecule has 0 atom stereocenters. The van der Waals surface area contributed by atoms with Crippen molar-refractivity contribution in [3.8, 4) is 0 Å². The summed E-state index contributed by atoms with van der Waals surface area (Å²) in [5.74, 6) is 0.277. The standard InChI is InChI=1S/C6H11N5/c7-6-10-8-4-2-1-3-5-9-11-6/h4-5H,1-3H2,(H3,7,10,11)/p+1/b8-4+,9-5+. The van der Waals surface area contributed by atoms with Crippen molar-refractivity contribution in [1.29, 1.82) is 0 Å². The lowest BCUT2D eigenvalue weighted by atomic mass is 10.3. The lowest BCUT2D eigenvalue weighted by molar-refractivity contribution is -0.502. The van der Waals surface area contributed by atoms with E-state index in [4.69, 9.17) is 5.73 Å². The number of guanidine groups is 1. The fourth-order valence-electron chi connectivity index (χ4n) is 0.694. The first-order chi connectivity index (χ1) is 5.39. The average Bonchev–Trinajstić information content (AvgIpc) is 2.03. The van der Waals surface area contributed by atoms with Gasteiger partial charge in [-0.2, -0.15) is 5.10 Å². The number of hydrazone groups is 1. The summed E-state index contributed by atoms with van der Waals surface area (Å²) < 4.78 is 0. The third-order valence-corrected chi connectivity index (χ3v) is 1.23. The van der Waals surface area contributed by atoms with Crippen molar-refractivity contribution in [1.82, 2.24) is 5.43 Å². The summed E-state index contributed by atoms with van der Waals surface area (Å²) in [6, 6.07) is 0. The molecular formula is C6H12N5+. The SMILES string of the molecule is N/C1=N/N=C/CCC/C=[NH+]/N1. The molecule has 5 heteroatoms. The van der Waals surface area contributed by atoms with Crippen LogP contribution in [-0.2, 0) is 0 Å². The molecule has 0 bridgehead atoms. The quantitative estimate of drug-likeness (QED) is 0.382. The average molecular weight is 154 g/mol. The highest BCUT2D eigenvalue weighted by Gasteiger charge is 1.91. The molecule has 0 saturated carbocycles. The van der Waals surface area contributed by atoms with Crippen LogP contribution in [0.4, 0.5) is 0 Å². The molecule has 0 amide bonds. The zero-order valence-corrected chi connectivity index (χ0v) is 6.25. The molecule has 1 aliphatic rings. The van der Waals surface area contributed by atoms with Crippen LogP contribution in [0.3, 0.4) is 0 Å². The fraction of sp³-hybridized carbons (Fsp3) is 0.500. The van der Waals surface area contributed by atoms with Crippen LogP contribution in [0, 0.1) is 0 Å². The molecule has 60 valence electrons. The molecule has 0 radical (unpaired) electrons. The van der Waals surface area contributed by atoms with E-state index < -0.39 is 0 Å². The van der Waals surface area contributed by atoms with E-state index in [1.54, 1.807) is 6.21 Å². The van der Waals surface area contributed by atoms with E-state index in [-0.39, 0.29) is 5.96 Å². The van der Waals surface area contributed by atoms with E-state index in [2.05, 4.69) is 20.7 Å². The van der Waals surface area contributed by atoms with Crippen molar-refractivity contribution in [2.75, 3.05) is 0 Å². The molecule has 0 aliphatic carbocycles. The molecule has 5 nitrogen and oxygen atoms in total. The second-order valence-electron chi connectivity index (χ2n) is 2.19. The van der Waals surface area contributed by atoms with E-state index in [9.17, 15) is 0 Å². The highest BCUT2D eigenvalue weighted by Crippen LogP contribution is 1.88. The number of nitrogens with zero attached hydrogens (tertiary/aromatic N) is 2. The number of nitrogens with two attached hydrogens (primary N) is 1. The second-order valence-corrected chi connectivity index (χ2v) is 2.19. The summed E-state index contributed by atoms with van der Waals surface area (Å²) in [5.41, 5.74) is 8.03. The van der Waals surface area contributed by atoms with Gasteiger partial charge in [-0.1, -0.05) is 0 Å². The van der Waals surface area contributed by atoms with Gasteiger partial charge in [0.05, 0.1) is 0 Å². The Morgan fingerprint density at radius 1 is 1.55 bits per heavy atom. The smallest absolute Gasteiger partial charge is 0.269 e. The molecule has 4 N–H and O–H groups in total. The third kappa shape index (κ3) is 3.34. The van der Waals surface area contributed by atoms with Gasteiger partial charge in [-0.25, -0.2) is 0 Å².